The van der Waals surface area contributed by atoms with Gasteiger partial charge in [0.25, 0.3) is 5.91 Å². The van der Waals surface area contributed by atoms with Gasteiger partial charge >= 0.3 is 0 Å². The molecule has 1 aromatic heterocycles. The van der Waals surface area contributed by atoms with Crippen molar-refractivity contribution in [3.05, 3.63) is 110 Å². The zero-order valence-corrected chi connectivity index (χ0v) is 24.5. The van der Waals surface area contributed by atoms with Crippen LogP contribution in [0.1, 0.15) is 42.4 Å². The highest BCUT2D eigenvalue weighted by molar-refractivity contribution is 6.42. The van der Waals surface area contributed by atoms with Gasteiger partial charge in [0.05, 0.1) is 31.5 Å². The average molecular weight is 604 g/mol. The Kier molecular flexibility index (Phi) is 8.92. The van der Waals surface area contributed by atoms with Crippen molar-refractivity contribution in [3.8, 4) is 5.69 Å². The van der Waals surface area contributed by atoms with Crippen molar-refractivity contribution in [1.29, 1.82) is 0 Å². The quantitative estimate of drug-likeness (QED) is 0.232. The van der Waals surface area contributed by atoms with Gasteiger partial charge in [-0.25, -0.2) is 4.68 Å². The first kappa shape index (κ1) is 29.0. The minimum Gasteiger partial charge on any atom is -0.325 e. The van der Waals surface area contributed by atoms with Gasteiger partial charge in [0.15, 0.2) is 0 Å². The summed E-state index contributed by atoms with van der Waals surface area (Å²) in [4.78, 5) is 28.3. The van der Waals surface area contributed by atoms with E-state index in [4.69, 9.17) is 51.5 Å². The Bertz CT molecular complexity index is 1510. The number of nitrogens with one attached hydrogen (secondary N) is 1. The molecule has 0 spiro atoms. The molecule has 0 aliphatic carbocycles. The van der Waals surface area contributed by atoms with Crippen molar-refractivity contribution in [3.63, 3.8) is 0 Å². The predicted octanol–water partition coefficient (Wildman–Crippen LogP) is 8.06. The summed E-state index contributed by atoms with van der Waals surface area (Å²) >= 11 is 24.6. The van der Waals surface area contributed by atoms with Gasteiger partial charge < -0.3 is 10.2 Å². The van der Waals surface area contributed by atoms with Crippen molar-refractivity contribution in [1.82, 2.24) is 14.7 Å². The fourth-order valence-electron chi connectivity index (χ4n) is 3.82. The number of rotatable bonds is 7. The van der Waals surface area contributed by atoms with Gasteiger partial charge in [-0.3, -0.25) is 9.59 Å². The number of benzene rings is 3. The Morgan fingerprint density at radius 1 is 0.846 bits per heavy atom. The molecule has 202 valence electrons. The van der Waals surface area contributed by atoms with E-state index in [0.717, 1.165) is 11.3 Å². The highest BCUT2D eigenvalue weighted by Gasteiger charge is 2.24. The van der Waals surface area contributed by atoms with Crippen molar-refractivity contribution in [2.75, 3.05) is 11.9 Å². The molecule has 39 heavy (non-hydrogen) atoms. The first-order chi connectivity index (χ1) is 18.4. The molecule has 6 nitrogen and oxygen atoms in total. The van der Waals surface area contributed by atoms with Crippen LogP contribution in [0.5, 0.6) is 0 Å². The molecule has 1 heterocycles. The monoisotopic (exact) mass is 602 g/mol. The second kappa shape index (κ2) is 12.0. The predicted molar refractivity (Wildman–Crippen MR) is 159 cm³/mol. The molecular formula is C29H26Cl4N4O2. The van der Waals surface area contributed by atoms with Gasteiger partial charge in [0, 0.05) is 23.6 Å². The second-order valence-corrected chi connectivity index (χ2v) is 11.6. The minimum atomic E-state index is -0.402. The molecular weight excluding hydrogens is 578 g/mol. The fraction of sp³-hybridized carbons (Fsp3) is 0.207. The van der Waals surface area contributed by atoms with Gasteiger partial charge in [0.1, 0.15) is 12.4 Å². The van der Waals surface area contributed by atoms with E-state index in [1.807, 2.05) is 57.2 Å². The Morgan fingerprint density at radius 3 is 2.10 bits per heavy atom. The molecule has 10 heteroatoms. The zero-order valence-electron chi connectivity index (χ0n) is 21.5. The molecule has 0 bridgehead atoms. The number of nitrogens with zero attached hydrogens (tertiary/aromatic N) is 3. The third kappa shape index (κ3) is 7.14. The molecule has 0 fully saturated rings. The standard InChI is InChI=1S/C29H26Cl4N4O2/c1-29(2,3)25-15-26(37(35-25)20-10-12-22(31)24(33)14-20)34-27(38)17-36(16-18-7-5-4-6-8-18)28(39)19-9-11-21(30)23(32)13-19/h4-15H,16-17H2,1-3H3,(H,34,38). The first-order valence-corrected chi connectivity index (χ1v) is 13.6. The van der Waals surface area contributed by atoms with Crippen LogP contribution >= 0.6 is 46.4 Å². The van der Waals surface area contributed by atoms with Crippen LogP contribution < -0.4 is 5.32 Å². The molecule has 0 saturated carbocycles. The number of hydrogen-bond donors (Lipinski definition) is 1. The lowest BCUT2D eigenvalue weighted by molar-refractivity contribution is -0.117. The van der Waals surface area contributed by atoms with Crippen LogP contribution in [0.4, 0.5) is 5.82 Å². The van der Waals surface area contributed by atoms with E-state index in [1.54, 1.807) is 35.0 Å². The molecule has 0 saturated heterocycles. The number of carbonyl (C=O) groups is 2. The van der Waals surface area contributed by atoms with Crippen LogP contribution in [0.3, 0.4) is 0 Å². The maximum absolute atomic E-state index is 13.5. The Labute approximate surface area is 247 Å². The maximum Gasteiger partial charge on any atom is 0.254 e. The summed E-state index contributed by atoms with van der Waals surface area (Å²) in [5.41, 5.74) is 2.29. The lowest BCUT2D eigenvalue weighted by atomic mass is 9.92. The minimum absolute atomic E-state index is 0.215. The van der Waals surface area contributed by atoms with E-state index >= 15 is 0 Å². The third-order valence-electron chi connectivity index (χ3n) is 5.90. The first-order valence-electron chi connectivity index (χ1n) is 12.1. The Hall–Kier alpha value is -3.03. The summed E-state index contributed by atoms with van der Waals surface area (Å²) < 4.78 is 1.60. The van der Waals surface area contributed by atoms with Crippen LogP contribution in [0, 0.1) is 0 Å². The maximum atomic E-state index is 13.5. The lowest BCUT2D eigenvalue weighted by Gasteiger charge is -2.23. The van der Waals surface area contributed by atoms with Crippen LogP contribution in [0.2, 0.25) is 20.1 Å². The zero-order chi connectivity index (χ0) is 28.3. The van der Waals surface area contributed by atoms with Crippen molar-refractivity contribution < 1.29 is 9.59 Å². The van der Waals surface area contributed by atoms with Crippen molar-refractivity contribution in [2.24, 2.45) is 0 Å². The van der Waals surface area contributed by atoms with Crippen LogP contribution in [-0.2, 0) is 16.8 Å². The van der Waals surface area contributed by atoms with Crippen molar-refractivity contribution in [2.45, 2.75) is 32.7 Å². The number of halogens is 4. The third-order valence-corrected chi connectivity index (χ3v) is 7.38. The molecule has 4 rings (SSSR count). The summed E-state index contributed by atoms with van der Waals surface area (Å²) in [6.45, 7) is 6.07. The van der Waals surface area contributed by atoms with Gasteiger partial charge in [-0.2, -0.15) is 5.10 Å². The van der Waals surface area contributed by atoms with Crippen LogP contribution in [0.15, 0.2) is 72.8 Å². The molecule has 3 aromatic carbocycles. The van der Waals surface area contributed by atoms with Gasteiger partial charge in [0.2, 0.25) is 5.91 Å². The summed E-state index contributed by atoms with van der Waals surface area (Å²) in [5.74, 6) is -0.327. The number of amides is 2. The van der Waals surface area contributed by atoms with Crippen LogP contribution in [-0.4, -0.2) is 33.0 Å². The number of aromatic nitrogens is 2. The Balaban J connectivity index is 1.64. The molecule has 4 aromatic rings. The van der Waals surface area contributed by atoms with E-state index < -0.39 is 5.91 Å². The molecule has 0 aliphatic rings. The summed E-state index contributed by atoms with van der Waals surface area (Å²) in [6, 6.07) is 21.0. The van der Waals surface area contributed by atoms with E-state index in [1.165, 1.54) is 11.0 Å². The van der Waals surface area contributed by atoms with E-state index in [2.05, 4.69) is 5.32 Å². The van der Waals surface area contributed by atoms with E-state index in [9.17, 15) is 9.59 Å². The number of carbonyl (C=O) groups excluding carboxylic acids is 2. The molecule has 0 atom stereocenters. The van der Waals surface area contributed by atoms with Crippen LogP contribution in [0.25, 0.3) is 5.69 Å². The van der Waals surface area contributed by atoms with Crippen molar-refractivity contribution >= 4 is 64.0 Å². The molecule has 2 amide bonds. The Morgan fingerprint density at radius 2 is 1.49 bits per heavy atom. The highest BCUT2D eigenvalue weighted by Crippen LogP contribution is 2.30. The van der Waals surface area contributed by atoms with Gasteiger partial charge in [-0.1, -0.05) is 97.5 Å². The highest BCUT2D eigenvalue weighted by atomic mass is 35.5. The largest absolute Gasteiger partial charge is 0.325 e. The topological polar surface area (TPSA) is 67.2 Å². The summed E-state index contributed by atoms with van der Waals surface area (Å²) in [5, 5.41) is 9.00. The van der Waals surface area contributed by atoms with Gasteiger partial charge in [-0.15, -0.1) is 0 Å². The second-order valence-electron chi connectivity index (χ2n) is 10.00. The normalized spacial score (nSPS) is 11.4. The summed E-state index contributed by atoms with van der Waals surface area (Å²) in [7, 11) is 0. The molecule has 0 radical (unpaired) electrons. The molecule has 0 unspecified atom stereocenters. The smallest absolute Gasteiger partial charge is 0.254 e. The van der Waals surface area contributed by atoms with E-state index in [-0.39, 0.29) is 29.4 Å². The average Bonchev–Trinajstić information content (AvgIpc) is 3.31. The molecule has 1 N–H and O–H groups in total. The fourth-order valence-corrected chi connectivity index (χ4v) is 4.41. The lowest BCUT2D eigenvalue weighted by Crippen LogP contribution is -2.37. The number of anilines is 1. The van der Waals surface area contributed by atoms with E-state index in [0.29, 0.717) is 32.1 Å². The van der Waals surface area contributed by atoms with Gasteiger partial charge in [-0.05, 0) is 42.0 Å². The number of hydrogen-bond acceptors (Lipinski definition) is 3. The SMILES string of the molecule is CC(C)(C)c1cc(NC(=O)CN(Cc2ccccc2)C(=O)c2ccc(Cl)c(Cl)c2)n(-c2ccc(Cl)c(Cl)c2)n1. The summed E-state index contributed by atoms with van der Waals surface area (Å²) in [6.07, 6.45) is 0. The molecule has 0 aliphatic heterocycles.